The number of urea groups is 1. The second-order valence-electron chi connectivity index (χ2n) is 3.77. The first-order valence-electron chi connectivity index (χ1n) is 6.00. The molecule has 3 amide bonds. The summed E-state index contributed by atoms with van der Waals surface area (Å²) in [5.74, 6) is 0.129. The van der Waals surface area contributed by atoms with E-state index in [4.69, 9.17) is 4.74 Å². The number of rotatable bonds is 6. The Bertz CT molecular complexity index is 420. The molecule has 0 radical (unpaired) electrons. The highest BCUT2D eigenvalue weighted by Gasteiger charge is 2.07. The lowest BCUT2D eigenvalue weighted by atomic mass is 10.3. The highest BCUT2D eigenvalue weighted by atomic mass is 32.2. The number of carbonyl (C=O) groups excluding carboxylic acids is 2. The van der Waals surface area contributed by atoms with Crippen molar-refractivity contribution in [2.24, 2.45) is 0 Å². The van der Waals surface area contributed by atoms with Gasteiger partial charge in [0, 0.05) is 11.4 Å². The number of benzene rings is 1. The van der Waals surface area contributed by atoms with Gasteiger partial charge in [-0.15, -0.1) is 11.8 Å². The monoisotopic (exact) mass is 282 g/mol. The fourth-order valence-electron chi connectivity index (χ4n) is 1.27. The van der Waals surface area contributed by atoms with Gasteiger partial charge in [-0.2, -0.15) is 0 Å². The van der Waals surface area contributed by atoms with Crippen LogP contribution in [0, 0.1) is 0 Å². The summed E-state index contributed by atoms with van der Waals surface area (Å²) >= 11 is 1.63. The topological polar surface area (TPSA) is 67.4 Å². The van der Waals surface area contributed by atoms with Gasteiger partial charge in [-0.05, 0) is 36.9 Å². The molecule has 0 heterocycles. The summed E-state index contributed by atoms with van der Waals surface area (Å²) in [6, 6.07) is 6.90. The van der Waals surface area contributed by atoms with Crippen molar-refractivity contribution >= 4 is 23.7 Å². The molecule has 104 valence electrons. The van der Waals surface area contributed by atoms with Gasteiger partial charge < -0.3 is 10.1 Å². The zero-order valence-corrected chi connectivity index (χ0v) is 11.9. The summed E-state index contributed by atoms with van der Waals surface area (Å²) in [5.41, 5.74) is 0. The average molecular weight is 282 g/mol. The predicted octanol–water partition coefficient (Wildman–Crippen LogP) is 2.02. The van der Waals surface area contributed by atoms with E-state index in [1.54, 1.807) is 23.9 Å². The first-order chi connectivity index (χ1) is 9.15. The molecule has 0 aromatic heterocycles. The lowest BCUT2D eigenvalue weighted by molar-refractivity contribution is -0.122. The van der Waals surface area contributed by atoms with E-state index in [0.717, 1.165) is 11.3 Å². The summed E-state index contributed by atoms with van der Waals surface area (Å²) in [6.45, 7) is 2.29. The minimum Gasteiger partial charge on any atom is -0.484 e. The summed E-state index contributed by atoms with van der Waals surface area (Å²) in [4.78, 5) is 23.7. The molecule has 1 rings (SSSR count). The first kappa shape index (κ1) is 15.4. The van der Waals surface area contributed by atoms with Crippen LogP contribution in [-0.2, 0) is 4.79 Å². The summed E-state index contributed by atoms with van der Waals surface area (Å²) in [5, 5.41) is 4.74. The molecule has 5 nitrogen and oxygen atoms in total. The van der Waals surface area contributed by atoms with Crippen molar-refractivity contribution in [1.29, 1.82) is 0 Å². The average Bonchev–Trinajstić information content (AvgIpc) is 2.43. The van der Waals surface area contributed by atoms with E-state index < -0.39 is 11.9 Å². The molecule has 0 fully saturated rings. The Hall–Kier alpha value is -1.69. The van der Waals surface area contributed by atoms with E-state index in [2.05, 4.69) is 10.6 Å². The Balaban J connectivity index is 2.31. The molecular weight excluding hydrogens is 264 g/mol. The van der Waals surface area contributed by atoms with Crippen LogP contribution < -0.4 is 15.4 Å². The predicted molar refractivity (Wildman–Crippen MR) is 75.6 cm³/mol. The van der Waals surface area contributed by atoms with E-state index in [1.807, 2.05) is 25.3 Å². The maximum Gasteiger partial charge on any atom is 0.321 e. The quantitative estimate of drug-likeness (QED) is 0.783. The standard InChI is InChI=1S/C13H18N2O3S/c1-3-8-14-13(17)15-12(16)9-18-10-4-6-11(19-2)7-5-10/h4-7H,3,8-9H2,1-2H3,(H2,14,15,16,17). The number of hydrogen-bond acceptors (Lipinski definition) is 4. The van der Waals surface area contributed by atoms with Gasteiger partial charge >= 0.3 is 6.03 Å². The Kier molecular flexibility index (Phi) is 6.81. The van der Waals surface area contributed by atoms with E-state index in [-0.39, 0.29) is 6.61 Å². The Morgan fingerprint density at radius 2 is 1.95 bits per heavy atom. The second-order valence-corrected chi connectivity index (χ2v) is 4.65. The molecule has 0 aliphatic rings. The lowest BCUT2D eigenvalue weighted by Gasteiger charge is -2.07. The van der Waals surface area contributed by atoms with Crippen LogP contribution in [0.15, 0.2) is 29.2 Å². The molecule has 1 aromatic carbocycles. The van der Waals surface area contributed by atoms with Crippen LogP contribution >= 0.6 is 11.8 Å². The molecule has 0 bridgehead atoms. The molecule has 0 aliphatic heterocycles. The van der Waals surface area contributed by atoms with Gasteiger partial charge in [-0.1, -0.05) is 6.92 Å². The fourth-order valence-corrected chi connectivity index (χ4v) is 1.67. The molecule has 6 heteroatoms. The van der Waals surface area contributed by atoms with Crippen molar-refractivity contribution in [2.75, 3.05) is 19.4 Å². The Morgan fingerprint density at radius 3 is 2.53 bits per heavy atom. The van der Waals surface area contributed by atoms with Gasteiger partial charge in [0.25, 0.3) is 5.91 Å². The number of ether oxygens (including phenoxy) is 1. The Morgan fingerprint density at radius 1 is 1.26 bits per heavy atom. The van der Waals surface area contributed by atoms with Crippen LogP contribution in [0.4, 0.5) is 4.79 Å². The third-order valence-electron chi connectivity index (χ3n) is 2.22. The van der Waals surface area contributed by atoms with Crippen molar-refractivity contribution in [2.45, 2.75) is 18.2 Å². The summed E-state index contributed by atoms with van der Waals surface area (Å²) in [7, 11) is 0. The van der Waals surface area contributed by atoms with Crippen LogP contribution in [0.25, 0.3) is 0 Å². The molecule has 0 unspecified atom stereocenters. The summed E-state index contributed by atoms with van der Waals surface area (Å²) < 4.78 is 5.27. The van der Waals surface area contributed by atoms with Crippen molar-refractivity contribution in [1.82, 2.24) is 10.6 Å². The van der Waals surface area contributed by atoms with E-state index in [9.17, 15) is 9.59 Å². The fraction of sp³-hybridized carbons (Fsp3) is 0.385. The zero-order valence-electron chi connectivity index (χ0n) is 11.1. The largest absolute Gasteiger partial charge is 0.484 e. The third kappa shape index (κ3) is 6.15. The van der Waals surface area contributed by atoms with E-state index in [1.165, 1.54) is 0 Å². The SMILES string of the molecule is CCCNC(=O)NC(=O)COc1ccc(SC)cc1. The number of nitrogens with one attached hydrogen (secondary N) is 2. The third-order valence-corrected chi connectivity index (χ3v) is 2.96. The van der Waals surface area contributed by atoms with E-state index >= 15 is 0 Å². The minimum absolute atomic E-state index is 0.182. The molecule has 0 aliphatic carbocycles. The molecule has 0 atom stereocenters. The Labute approximate surface area is 117 Å². The number of imide groups is 1. The molecular formula is C13H18N2O3S. The first-order valence-corrected chi connectivity index (χ1v) is 7.22. The highest BCUT2D eigenvalue weighted by molar-refractivity contribution is 7.98. The minimum atomic E-state index is -0.492. The van der Waals surface area contributed by atoms with Crippen LogP contribution in [0.2, 0.25) is 0 Å². The van der Waals surface area contributed by atoms with Crippen molar-refractivity contribution < 1.29 is 14.3 Å². The molecule has 0 saturated heterocycles. The van der Waals surface area contributed by atoms with Gasteiger partial charge in [-0.3, -0.25) is 10.1 Å². The molecule has 2 N–H and O–H groups in total. The van der Waals surface area contributed by atoms with Crippen LogP contribution in [0.3, 0.4) is 0 Å². The number of hydrogen-bond donors (Lipinski definition) is 2. The molecule has 19 heavy (non-hydrogen) atoms. The molecule has 0 spiro atoms. The number of amides is 3. The van der Waals surface area contributed by atoms with Crippen LogP contribution in [0.1, 0.15) is 13.3 Å². The van der Waals surface area contributed by atoms with Gasteiger partial charge in [0.15, 0.2) is 6.61 Å². The normalized spacial score (nSPS) is 9.79. The van der Waals surface area contributed by atoms with Gasteiger partial charge in [0.05, 0.1) is 0 Å². The van der Waals surface area contributed by atoms with Crippen LogP contribution in [-0.4, -0.2) is 31.3 Å². The van der Waals surface area contributed by atoms with Crippen molar-refractivity contribution in [3.63, 3.8) is 0 Å². The number of carbonyl (C=O) groups is 2. The molecule has 0 saturated carbocycles. The zero-order chi connectivity index (χ0) is 14.1. The van der Waals surface area contributed by atoms with Crippen molar-refractivity contribution in [3.05, 3.63) is 24.3 Å². The summed E-state index contributed by atoms with van der Waals surface area (Å²) in [6.07, 6.45) is 2.80. The maximum absolute atomic E-state index is 11.4. The smallest absolute Gasteiger partial charge is 0.321 e. The van der Waals surface area contributed by atoms with Crippen LogP contribution in [0.5, 0.6) is 5.75 Å². The molecule has 1 aromatic rings. The number of thioether (sulfide) groups is 1. The highest BCUT2D eigenvalue weighted by Crippen LogP contribution is 2.18. The van der Waals surface area contributed by atoms with Crippen molar-refractivity contribution in [3.8, 4) is 5.75 Å². The lowest BCUT2D eigenvalue weighted by Crippen LogP contribution is -2.41. The van der Waals surface area contributed by atoms with Gasteiger partial charge in [0.1, 0.15) is 5.75 Å². The van der Waals surface area contributed by atoms with Gasteiger partial charge in [0.2, 0.25) is 0 Å². The maximum atomic E-state index is 11.4. The second kappa shape index (κ2) is 8.42. The van der Waals surface area contributed by atoms with E-state index in [0.29, 0.717) is 12.3 Å². The van der Waals surface area contributed by atoms with Gasteiger partial charge in [-0.25, -0.2) is 4.79 Å².